The standard InChI is InChI=1S/C29H30Cl2N2O4S/c1-19(34)37-27-28(21-12-14-22(36-2)15-13-21)38-25-11-4-3-10-24(25)33(29(27)35)18-17-32-16-6-8-20-7-5-9-23(30)26(20)31/h3-5,7,9-15,27-28,32H,6,8,16-18H2,1-2H3. The van der Waals surface area contributed by atoms with Crippen molar-refractivity contribution in [3.63, 3.8) is 0 Å². The number of carbonyl (C=O) groups excluding carboxylic acids is 2. The number of halogens is 2. The lowest BCUT2D eigenvalue weighted by atomic mass is 10.1. The van der Waals surface area contributed by atoms with E-state index in [1.165, 1.54) is 18.7 Å². The summed E-state index contributed by atoms with van der Waals surface area (Å²) in [6, 6.07) is 21.0. The number of esters is 1. The van der Waals surface area contributed by atoms with Gasteiger partial charge >= 0.3 is 5.97 Å². The predicted octanol–water partition coefficient (Wildman–Crippen LogP) is 6.34. The Bertz CT molecular complexity index is 1270. The van der Waals surface area contributed by atoms with E-state index in [0.29, 0.717) is 28.9 Å². The van der Waals surface area contributed by atoms with Crippen LogP contribution in [0.5, 0.6) is 5.75 Å². The van der Waals surface area contributed by atoms with E-state index in [-0.39, 0.29) is 5.91 Å². The summed E-state index contributed by atoms with van der Waals surface area (Å²) in [5.41, 5.74) is 2.71. The third-order valence-electron chi connectivity index (χ3n) is 6.28. The van der Waals surface area contributed by atoms with Crippen LogP contribution in [0.1, 0.15) is 29.7 Å². The van der Waals surface area contributed by atoms with Crippen LogP contribution in [-0.4, -0.2) is 44.7 Å². The van der Waals surface area contributed by atoms with Crippen molar-refractivity contribution >= 4 is 52.5 Å². The number of aryl methyl sites for hydroxylation is 1. The first-order chi connectivity index (χ1) is 18.4. The topological polar surface area (TPSA) is 67.9 Å². The van der Waals surface area contributed by atoms with Gasteiger partial charge in [-0.3, -0.25) is 9.59 Å². The summed E-state index contributed by atoms with van der Waals surface area (Å²) in [4.78, 5) is 28.6. The predicted molar refractivity (Wildman–Crippen MR) is 154 cm³/mol. The maximum absolute atomic E-state index is 13.9. The summed E-state index contributed by atoms with van der Waals surface area (Å²) < 4.78 is 10.9. The minimum absolute atomic E-state index is 0.244. The molecule has 4 rings (SSSR count). The zero-order valence-corrected chi connectivity index (χ0v) is 23.6. The molecule has 0 aliphatic carbocycles. The summed E-state index contributed by atoms with van der Waals surface area (Å²) >= 11 is 13.9. The van der Waals surface area contributed by atoms with Crippen LogP contribution in [0.3, 0.4) is 0 Å². The molecule has 2 unspecified atom stereocenters. The first-order valence-corrected chi connectivity index (χ1v) is 14.0. The number of nitrogens with zero attached hydrogens (tertiary/aromatic N) is 1. The van der Waals surface area contributed by atoms with Gasteiger partial charge in [0.25, 0.3) is 5.91 Å². The van der Waals surface area contributed by atoms with Gasteiger partial charge in [-0.15, -0.1) is 11.8 Å². The van der Waals surface area contributed by atoms with Gasteiger partial charge in [0, 0.05) is 24.9 Å². The van der Waals surface area contributed by atoms with Crippen molar-refractivity contribution in [3.05, 3.63) is 87.9 Å². The lowest BCUT2D eigenvalue weighted by Crippen LogP contribution is -2.45. The van der Waals surface area contributed by atoms with Crippen LogP contribution in [0, 0.1) is 0 Å². The van der Waals surface area contributed by atoms with E-state index < -0.39 is 17.3 Å². The van der Waals surface area contributed by atoms with Crippen LogP contribution >= 0.6 is 35.0 Å². The zero-order chi connectivity index (χ0) is 27.1. The molecule has 9 heteroatoms. The molecule has 1 heterocycles. The van der Waals surface area contributed by atoms with E-state index >= 15 is 0 Å². The van der Waals surface area contributed by atoms with Crippen molar-refractivity contribution < 1.29 is 19.1 Å². The summed E-state index contributed by atoms with van der Waals surface area (Å²) in [5, 5.41) is 4.18. The molecule has 0 radical (unpaired) electrons. The minimum atomic E-state index is -0.969. The molecular weight excluding hydrogens is 543 g/mol. The maximum Gasteiger partial charge on any atom is 0.303 e. The fraction of sp³-hybridized carbons (Fsp3) is 0.310. The number of fused-ring (bicyclic) bond motifs is 1. The highest BCUT2D eigenvalue weighted by Gasteiger charge is 2.40. The van der Waals surface area contributed by atoms with Gasteiger partial charge in [-0.05, 0) is 60.8 Å². The van der Waals surface area contributed by atoms with Crippen LogP contribution in [0.15, 0.2) is 71.6 Å². The number of hydrogen-bond donors (Lipinski definition) is 1. The molecule has 0 spiro atoms. The van der Waals surface area contributed by atoms with Crippen molar-refractivity contribution in [3.8, 4) is 5.75 Å². The number of benzene rings is 3. The second kappa shape index (κ2) is 13.4. The van der Waals surface area contributed by atoms with Gasteiger partial charge in [0.2, 0.25) is 0 Å². The molecule has 0 aromatic heterocycles. The van der Waals surface area contributed by atoms with Gasteiger partial charge in [0.1, 0.15) is 5.75 Å². The quantitative estimate of drug-likeness (QED) is 0.226. The smallest absolute Gasteiger partial charge is 0.303 e. The molecule has 0 saturated carbocycles. The van der Waals surface area contributed by atoms with Crippen LogP contribution in [0.4, 0.5) is 5.69 Å². The van der Waals surface area contributed by atoms with Crippen molar-refractivity contribution in [2.24, 2.45) is 0 Å². The number of thioether (sulfide) groups is 1. The number of rotatable bonds is 10. The molecule has 6 nitrogen and oxygen atoms in total. The van der Waals surface area contributed by atoms with Crippen LogP contribution < -0.4 is 15.0 Å². The third-order valence-corrected chi connectivity index (χ3v) is 8.51. The molecule has 1 amide bonds. The van der Waals surface area contributed by atoms with Crippen molar-refractivity contribution in [2.45, 2.75) is 36.0 Å². The Kier molecular flexibility index (Phi) is 9.97. The van der Waals surface area contributed by atoms with E-state index in [1.807, 2.05) is 60.7 Å². The highest BCUT2D eigenvalue weighted by Crippen LogP contribution is 2.46. The summed E-state index contributed by atoms with van der Waals surface area (Å²) in [6.07, 6.45) is 0.700. The Morgan fingerprint density at radius 3 is 2.53 bits per heavy atom. The first-order valence-electron chi connectivity index (χ1n) is 12.4. The molecule has 38 heavy (non-hydrogen) atoms. The normalized spacial score (nSPS) is 17.1. The fourth-order valence-corrected chi connectivity index (χ4v) is 6.13. The summed E-state index contributed by atoms with van der Waals surface area (Å²) in [6.45, 7) is 3.09. The second-order valence-electron chi connectivity index (χ2n) is 8.87. The molecule has 200 valence electrons. The van der Waals surface area contributed by atoms with Crippen LogP contribution in [0.25, 0.3) is 0 Å². The van der Waals surface area contributed by atoms with E-state index in [1.54, 1.807) is 18.1 Å². The minimum Gasteiger partial charge on any atom is -0.497 e. The van der Waals surface area contributed by atoms with Gasteiger partial charge in [0.15, 0.2) is 6.10 Å². The Hall–Kier alpha value is -2.71. The molecular formula is C29H30Cl2N2O4S. The molecule has 0 bridgehead atoms. The van der Waals surface area contributed by atoms with E-state index in [9.17, 15) is 9.59 Å². The Balaban J connectivity index is 1.47. The van der Waals surface area contributed by atoms with Crippen molar-refractivity contribution in [1.82, 2.24) is 5.32 Å². The lowest BCUT2D eigenvalue weighted by molar-refractivity contribution is -0.152. The number of nitrogens with one attached hydrogen (secondary N) is 1. The lowest BCUT2D eigenvalue weighted by Gasteiger charge is -2.27. The monoisotopic (exact) mass is 572 g/mol. The Morgan fingerprint density at radius 2 is 1.79 bits per heavy atom. The van der Waals surface area contributed by atoms with Crippen LogP contribution in [-0.2, 0) is 20.7 Å². The van der Waals surface area contributed by atoms with Gasteiger partial charge in [0.05, 0.1) is 28.1 Å². The number of para-hydroxylation sites is 1. The maximum atomic E-state index is 13.9. The van der Waals surface area contributed by atoms with Gasteiger partial charge in [-0.1, -0.05) is 59.6 Å². The zero-order valence-electron chi connectivity index (χ0n) is 21.3. The van der Waals surface area contributed by atoms with Gasteiger partial charge in [-0.25, -0.2) is 0 Å². The van der Waals surface area contributed by atoms with Crippen molar-refractivity contribution in [2.75, 3.05) is 31.6 Å². The Labute approximate surface area is 237 Å². The van der Waals surface area contributed by atoms with Gasteiger partial charge in [-0.2, -0.15) is 0 Å². The SMILES string of the molecule is COc1ccc(C2Sc3ccccc3N(CCNCCCc3cccc(Cl)c3Cl)C(=O)C2OC(C)=O)cc1. The van der Waals surface area contributed by atoms with Gasteiger partial charge < -0.3 is 19.7 Å². The molecule has 2 atom stereocenters. The third kappa shape index (κ3) is 6.83. The number of ether oxygens (including phenoxy) is 2. The number of carbonyl (C=O) groups is 2. The molecule has 1 aliphatic rings. The van der Waals surface area contributed by atoms with Crippen molar-refractivity contribution in [1.29, 1.82) is 0 Å². The largest absolute Gasteiger partial charge is 0.497 e. The van der Waals surface area contributed by atoms with Crippen LogP contribution in [0.2, 0.25) is 10.0 Å². The average Bonchev–Trinajstić information content (AvgIpc) is 3.03. The molecule has 1 N–H and O–H groups in total. The number of amides is 1. The molecule has 0 saturated heterocycles. The van der Waals surface area contributed by atoms with E-state index in [2.05, 4.69) is 5.32 Å². The molecule has 1 aliphatic heterocycles. The molecule has 3 aromatic rings. The number of hydrogen-bond acceptors (Lipinski definition) is 6. The first kappa shape index (κ1) is 28.3. The fourth-order valence-electron chi connectivity index (χ4n) is 4.40. The average molecular weight is 574 g/mol. The molecule has 0 fully saturated rings. The highest BCUT2D eigenvalue weighted by atomic mass is 35.5. The van der Waals surface area contributed by atoms with E-state index in [0.717, 1.165) is 41.1 Å². The Morgan fingerprint density at radius 1 is 1.03 bits per heavy atom. The summed E-state index contributed by atoms with van der Waals surface area (Å²) in [5.74, 6) is -0.0226. The molecule has 3 aromatic carbocycles. The summed E-state index contributed by atoms with van der Waals surface area (Å²) in [7, 11) is 1.61. The second-order valence-corrected chi connectivity index (χ2v) is 10.8. The highest BCUT2D eigenvalue weighted by molar-refractivity contribution is 7.99. The number of methoxy groups -OCH3 is 1. The van der Waals surface area contributed by atoms with E-state index in [4.69, 9.17) is 32.7 Å². The number of anilines is 1.